The highest BCUT2D eigenvalue weighted by Gasteiger charge is 2.12. The Morgan fingerprint density at radius 3 is 2.57 bits per heavy atom. The van der Waals surface area contributed by atoms with Gasteiger partial charge in [-0.2, -0.15) is 11.8 Å². The van der Waals surface area contributed by atoms with Crippen LogP contribution in [-0.2, 0) is 17.9 Å². The van der Waals surface area contributed by atoms with E-state index in [0.717, 1.165) is 37.4 Å². The van der Waals surface area contributed by atoms with E-state index in [9.17, 15) is 4.79 Å². The van der Waals surface area contributed by atoms with Gasteiger partial charge in [0, 0.05) is 13.1 Å². The van der Waals surface area contributed by atoms with Gasteiger partial charge in [0.2, 0.25) is 5.91 Å². The lowest BCUT2D eigenvalue weighted by molar-refractivity contribution is -0.122. The molecule has 23 heavy (non-hydrogen) atoms. The molecule has 0 spiro atoms. The molecule has 6 heteroatoms. The molecule has 132 valence electrons. The first-order valence-electron chi connectivity index (χ1n) is 7.93. The fourth-order valence-electron chi connectivity index (χ4n) is 2.24. The number of nitrogens with zero attached hydrogens (tertiary/aromatic N) is 1. The molecule has 1 aromatic rings. The summed E-state index contributed by atoms with van der Waals surface area (Å²) in [4.78, 5) is 14.3. The van der Waals surface area contributed by atoms with Crippen molar-refractivity contribution in [1.29, 1.82) is 0 Å². The number of carbonyl (C=O) groups is 1. The Balaban J connectivity index is 0.00000484. The summed E-state index contributed by atoms with van der Waals surface area (Å²) in [5.41, 5.74) is 8.27. The van der Waals surface area contributed by atoms with Crippen molar-refractivity contribution >= 4 is 30.1 Å². The highest BCUT2D eigenvalue weighted by Crippen LogP contribution is 2.08. The van der Waals surface area contributed by atoms with Crippen molar-refractivity contribution in [3.05, 3.63) is 35.4 Å². The standard InChI is InChI=1S/C17H29N3OS.ClH/c1-4-20(5-2)13-15-8-6-7-14(11-15)12-19-17(21)16(18)9-10-22-3;/h6-8,11,16H,4-5,9-10,12-13,18H2,1-3H3,(H,19,21);1H. The molecule has 1 rings (SSSR count). The number of benzene rings is 1. The van der Waals surface area contributed by atoms with Gasteiger partial charge in [-0.1, -0.05) is 38.1 Å². The third kappa shape index (κ3) is 8.61. The lowest BCUT2D eigenvalue weighted by atomic mass is 10.1. The van der Waals surface area contributed by atoms with Crippen LogP contribution >= 0.6 is 24.2 Å². The maximum absolute atomic E-state index is 11.9. The van der Waals surface area contributed by atoms with Crippen LogP contribution in [0.5, 0.6) is 0 Å². The maximum atomic E-state index is 11.9. The van der Waals surface area contributed by atoms with Crippen molar-refractivity contribution in [2.24, 2.45) is 5.73 Å². The molecular formula is C17H30ClN3OS. The predicted molar refractivity (Wildman–Crippen MR) is 103 cm³/mol. The number of rotatable bonds is 10. The number of halogens is 1. The highest BCUT2D eigenvalue weighted by atomic mass is 35.5. The Morgan fingerprint density at radius 2 is 1.96 bits per heavy atom. The molecule has 1 atom stereocenters. The lowest BCUT2D eigenvalue weighted by Crippen LogP contribution is -2.40. The highest BCUT2D eigenvalue weighted by molar-refractivity contribution is 7.98. The van der Waals surface area contributed by atoms with Crippen molar-refractivity contribution in [3.8, 4) is 0 Å². The van der Waals surface area contributed by atoms with Crippen molar-refractivity contribution in [2.45, 2.75) is 39.4 Å². The molecule has 0 bridgehead atoms. The van der Waals surface area contributed by atoms with E-state index in [-0.39, 0.29) is 18.3 Å². The van der Waals surface area contributed by atoms with Crippen LogP contribution in [0.4, 0.5) is 0 Å². The summed E-state index contributed by atoms with van der Waals surface area (Å²) in [6, 6.07) is 7.97. The van der Waals surface area contributed by atoms with E-state index in [1.165, 1.54) is 5.56 Å². The van der Waals surface area contributed by atoms with Crippen LogP contribution in [-0.4, -0.2) is 41.9 Å². The van der Waals surface area contributed by atoms with Gasteiger partial charge in [0.25, 0.3) is 0 Å². The Morgan fingerprint density at radius 1 is 1.30 bits per heavy atom. The fourth-order valence-corrected chi connectivity index (χ4v) is 2.73. The van der Waals surface area contributed by atoms with E-state index in [0.29, 0.717) is 6.54 Å². The van der Waals surface area contributed by atoms with Gasteiger partial charge in [-0.3, -0.25) is 9.69 Å². The zero-order valence-electron chi connectivity index (χ0n) is 14.4. The van der Waals surface area contributed by atoms with Crippen molar-refractivity contribution in [3.63, 3.8) is 0 Å². The Hall–Kier alpha value is -0.750. The van der Waals surface area contributed by atoms with Crippen molar-refractivity contribution < 1.29 is 4.79 Å². The molecule has 0 saturated heterocycles. The first kappa shape index (κ1) is 22.2. The van der Waals surface area contributed by atoms with Crippen molar-refractivity contribution in [2.75, 3.05) is 25.1 Å². The van der Waals surface area contributed by atoms with Crippen LogP contribution in [0.2, 0.25) is 0 Å². The summed E-state index contributed by atoms with van der Waals surface area (Å²) in [6.45, 7) is 7.91. The maximum Gasteiger partial charge on any atom is 0.237 e. The molecule has 0 heterocycles. The summed E-state index contributed by atoms with van der Waals surface area (Å²) in [5, 5.41) is 2.93. The van der Waals surface area contributed by atoms with Crippen LogP contribution < -0.4 is 11.1 Å². The molecule has 0 aromatic heterocycles. The van der Waals surface area contributed by atoms with Crippen molar-refractivity contribution in [1.82, 2.24) is 10.2 Å². The molecule has 1 unspecified atom stereocenters. The molecular weight excluding hydrogens is 330 g/mol. The van der Waals surface area contributed by atoms with Crippen LogP contribution in [0.15, 0.2) is 24.3 Å². The molecule has 1 aromatic carbocycles. The second-order valence-electron chi connectivity index (χ2n) is 5.39. The summed E-state index contributed by atoms with van der Waals surface area (Å²) in [6.07, 6.45) is 2.74. The number of thioether (sulfide) groups is 1. The molecule has 0 fully saturated rings. The second kappa shape index (κ2) is 12.6. The summed E-state index contributed by atoms with van der Waals surface area (Å²) in [7, 11) is 0. The average molecular weight is 360 g/mol. The minimum atomic E-state index is -0.411. The number of amides is 1. The summed E-state index contributed by atoms with van der Waals surface area (Å²) < 4.78 is 0. The van der Waals surface area contributed by atoms with E-state index in [4.69, 9.17) is 5.73 Å². The van der Waals surface area contributed by atoms with Gasteiger partial charge in [-0.15, -0.1) is 12.4 Å². The molecule has 0 radical (unpaired) electrons. The summed E-state index contributed by atoms with van der Waals surface area (Å²) in [5.74, 6) is 0.844. The number of hydrogen-bond donors (Lipinski definition) is 2. The molecule has 0 saturated carbocycles. The molecule has 4 nitrogen and oxygen atoms in total. The smallest absolute Gasteiger partial charge is 0.237 e. The van der Waals surface area contributed by atoms with Gasteiger partial charge in [0.1, 0.15) is 0 Å². The number of hydrogen-bond acceptors (Lipinski definition) is 4. The number of nitrogens with one attached hydrogen (secondary N) is 1. The Bertz CT molecular complexity index is 455. The minimum Gasteiger partial charge on any atom is -0.351 e. The second-order valence-corrected chi connectivity index (χ2v) is 6.37. The molecule has 0 aliphatic heterocycles. The van der Waals surface area contributed by atoms with Gasteiger partial charge >= 0.3 is 0 Å². The van der Waals surface area contributed by atoms with E-state index in [1.807, 2.05) is 18.4 Å². The molecule has 0 aliphatic rings. The Kier molecular flexibility index (Phi) is 12.2. The van der Waals surface area contributed by atoms with Crippen LogP contribution in [0, 0.1) is 0 Å². The van der Waals surface area contributed by atoms with Crippen LogP contribution in [0.3, 0.4) is 0 Å². The minimum absolute atomic E-state index is 0. The lowest BCUT2D eigenvalue weighted by Gasteiger charge is -2.18. The van der Waals surface area contributed by atoms with E-state index < -0.39 is 6.04 Å². The Labute approximate surface area is 151 Å². The fraction of sp³-hybridized carbons (Fsp3) is 0.588. The predicted octanol–water partition coefficient (Wildman–Crippen LogP) is 2.65. The normalized spacial score (nSPS) is 11.9. The van der Waals surface area contributed by atoms with E-state index in [1.54, 1.807) is 11.8 Å². The van der Waals surface area contributed by atoms with Gasteiger partial charge in [-0.05, 0) is 42.6 Å². The largest absolute Gasteiger partial charge is 0.351 e. The van der Waals surface area contributed by atoms with Crippen LogP contribution in [0.1, 0.15) is 31.4 Å². The zero-order chi connectivity index (χ0) is 16.4. The SMILES string of the molecule is CCN(CC)Cc1cccc(CNC(=O)C(N)CCSC)c1.Cl. The molecule has 0 aliphatic carbocycles. The number of nitrogens with two attached hydrogens (primary N) is 1. The van der Waals surface area contributed by atoms with Gasteiger partial charge in [-0.25, -0.2) is 0 Å². The van der Waals surface area contributed by atoms with Gasteiger partial charge in [0.05, 0.1) is 6.04 Å². The van der Waals surface area contributed by atoms with Crippen LogP contribution in [0.25, 0.3) is 0 Å². The third-order valence-electron chi connectivity index (χ3n) is 3.73. The van der Waals surface area contributed by atoms with E-state index in [2.05, 4.69) is 36.2 Å². The molecule has 1 amide bonds. The number of carbonyl (C=O) groups excluding carboxylic acids is 1. The molecule has 3 N–H and O–H groups in total. The first-order valence-corrected chi connectivity index (χ1v) is 9.32. The van der Waals surface area contributed by atoms with E-state index >= 15 is 0 Å². The quantitative estimate of drug-likeness (QED) is 0.674. The van der Waals surface area contributed by atoms with Gasteiger partial charge in [0.15, 0.2) is 0 Å². The zero-order valence-corrected chi connectivity index (χ0v) is 16.0. The first-order chi connectivity index (χ1) is 10.6. The van der Waals surface area contributed by atoms with Gasteiger partial charge < -0.3 is 11.1 Å². The monoisotopic (exact) mass is 359 g/mol. The topological polar surface area (TPSA) is 58.4 Å². The average Bonchev–Trinajstić information content (AvgIpc) is 2.55. The summed E-state index contributed by atoms with van der Waals surface area (Å²) >= 11 is 1.71. The third-order valence-corrected chi connectivity index (χ3v) is 4.37.